The van der Waals surface area contributed by atoms with Crippen molar-refractivity contribution in [2.75, 3.05) is 6.54 Å². The van der Waals surface area contributed by atoms with Crippen LogP contribution in [0.15, 0.2) is 0 Å². The molecular formula is C5H9N2O2. The quantitative estimate of drug-likeness (QED) is 0.475. The van der Waals surface area contributed by atoms with Crippen LogP contribution in [0.5, 0.6) is 0 Å². The first-order valence-electron chi connectivity index (χ1n) is 2.85. The Balaban J connectivity index is 2.39. The van der Waals surface area contributed by atoms with Gasteiger partial charge in [0, 0.05) is 6.54 Å². The van der Waals surface area contributed by atoms with Crippen LogP contribution in [0.1, 0.15) is 6.42 Å². The monoisotopic (exact) mass is 129 g/mol. The standard InChI is InChI=1S/C5H9N2O2/c6-4-1-3(2-7-4)5(8)9/h3-4H,1-2,6H2,(H,8,9). The van der Waals surface area contributed by atoms with E-state index < -0.39 is 5.97 Å². The van der Waals surface area contributed by atoms with E-state index in [0.29, 0.717) is 13.0 Å². The Hall–Kier alpha value is -0.610. The first kappa shape index (κ1) is 6.51. The van der Waals surface area contributed by atoms with Gasteiger partial charge in [0.25, 0.3) is 0 Å². The highest BCUT2D eigenvalue weighted by Gasteiger charge is 2.27. The maximum atomic E-state index is 10.2. The van der Waals surface area contributed by atoms with E-state index in [2.05, 4.69) is 5.32 Å². The molecule has 0 aliphatic carbocycles. The summed E-state index contributed by atoms with van der Waals surface area (Å²) in [6.45, 7) is 0.385. The summed E-state index contributed by atoms with van der Waals surface area (Å²) in [6.07, 6.45) is 0.251. The minimum Gasteiger partial charge on any atom is -0.481 e. The van der Waals surface area contributed by atoms with Gasteiger partial charge in [-0.2, -0.15) is 0 Å². The van der Waals surface area contributed by atoms with E-state index in [1.807, 2.05) is 0 Å². The van der Waals surface area contributed by atoms with Gasteiger partial charge in [-0.25, -0.2) is 5.32 Å². The van der Waals surface area contributed by atoms with E-state index in [4.69, 9.17) is 10.8 Å². The summed E-state index contributed by atoms with van der Waals surface area (Å²) in [7, 11) is 0. The lowest BCUT2D eigenvalue weighted by molar-refractivity contribution is -0.141. The van der Waals surface area contributed by atoms with Crippen molar-refractivity contribution in [2.24, 2.45) is 11.7 Å². The Morgan fingerprint density at radius 1 is 1.78 bits per heavy atom. The first-order chi connectivity index (χ1) is 4.20. The van der Waals surface area contributed by atoms with Crippen molar-refractivity contribution >= 4 is 5.97 Å². The van der Waals surface area contributed by atoms with Crippen LogP contribution in [0.3, 0.4) is 0 Å². The van der Waals surface area contributed by atoms with E-state index >= 15 is 0 Å². The second-order valence-electron chi connectivity index (χ2n) is 2.20. The topological polar surface area (TPSA) is 77.4 Å². The van der Waals surface area contributed by atoms with Crippen LogP contribution in [0.2, 0.25) is 0 Å². The summed E-state index contributed by atoms with van der Waals surface area (Å²) in [6, 6.07) is 0. The van der Waals surface area contributed by atoms with Crippen LogP contribution in [0.4, 0.5) is 0 Å². The molecule has 3 N–H and O–H groups in total. The number of carboxylic acid groups (broad SMARTS) is 1. The van der Waals surface area contributed by atoms with Crippen LogP contribution in [-0.2, 0) is 4.79 Å². The van der Waals surface area contributed by atoms with Gasteiger partial charge < -0.3 is 10.8 Å². The Kier molecular flexibility index (Phi) is 1.68. The Labute approximate surface area is 53.0 Å². The number of nitrogens with two attached hydrogens (primary N) is 1. The van der Waals surface area contributed by atoms with Crippen molar-refractivity contribution in [1.82, 2.24) is 5.32 Å². The molecule has 0 bridgehead atoms. The number of hydrogen-bond acceptors (Lipinski definition) is 2. The number of carbonyl (C=O) groups is 1. The van der Waals surface area contributed by atoms with E-state index in [9.17, 15) is 4.79 Å². The number of rotatable bonds is 1. The average Bonchev–Trinajstić information content (AvgIpc) is 2.14. The van der Waals surface area contributed by atoms with Gasteiger partial charge in [-0.15, -0.1) is 0 Å². The molecular weight excluding hydrogens is 120 g/mol. The summed E-state index contributed by atoms with van der Waals surface area (Å²) in [4.78, 5) is 10.2. The molecule has 1 aliphatic rings. The Morgan fingerprint density at radius 3 is 2.67 bits per heavy atom. The molecule has 1 aliphatic heterocycles. The van der Waals surface area contributed by atoms with Gasteiger partial charge in [0.15, 0.2) is 0 Å². The van der Waals surface area contributed by atoms with E-state index in [0.717, 1.165) is 0 Å². The number of hydrogen-bond donors (Lipinski definition) is 2. The highest BCUT2D eigenvalue weighted by Crippen LogP contribution is 2.11. The third-order valence-corrected chi connectivity index (χ3v) is 1.44. The van der Waals surface area contributed by atoms with Gasteiger partial charge in [-0.3, -0.25) is 4.79 Å². The molecule has 51 valence electrons. The molecule has 0 aromatic heterocycles. The molecule has 0 amide bonds. The predicted octanol–water partition coefficient (Wildman–Crippen LogP) is -1.02. The molecule has 1 radical (unpaired) electrons. The minimum absolute atomic E-state index is 0.244. The van der Waals surface area contributed by atoms with Crippen LogP contribution >= 0.6 is 0 Å². The fourth-order valence-electron chi connectivity index (χ4n) is 0.882. The number of carboxylic acids is 1. The van der Waals surface area contributed by atoms with Gasteiger partial charge >= 0.3 is 5.97 Å². The minimum atomic E-state index is -0.785. The molecule has 0 spiro atoms. The Morgan fingerprint density at radius 2 is 2.44 bits per heavy atom. The van der Waals surface area contributed by atoms with Crippen molar-refractivity contribution in [3.05, 3.63) is 0 Å². The van der Waals surface area contributed by atoms with E-state index in [1.165, 1.54) is 0 Å². The highest BCUT2D eigenvalue weighted by atomic mass is 16.4. The zero-order chi connectivity index (χ0) is 6.85. The van der Waals surface area contributed by atoms with Crippen molar-refractivity contribution in [3.8, 4) is 0 Å². The maximum Gasteiger partial charge on any atom is 0.307 e. The molecule has 2 atom stereocenters. The number of aliphatic carboxylic acids is 1. The summed E-state index contributed by atoms with van der Waals surface area (Å²) in [5.74, 6) is -1.12. The molecule has 1 fully saturated rings. The molecule has 1 saturated heterocycles. The molecule has 4 nitrogen and oxygen atoms in total. The Bertz CT molecular complexity index is 126. The summed E-state index contributed by atoms with van der Waals surface area (Å²) in [5, 5.41) is 12.3. The van der Waals surface area contributed by atoms with E-state index in [-0.39, 0.29) is 12.1 Å². The van der Waals surface area contributed by atoms with Gasteiger partial charge in [-0.1, -0.05) is 0 Å². The average molecular weight is 129 g/mol. The van der Waals surface area contributed by atoms with Crippen LogP contribution in [0, 0.1) is 5.92 Å². The van der Waals surface area contributed by atoms with Gasteiger partial charge in [0.1, 0.15) is 0 Å². The second kappa shape index (κ2) is 2.33. The molecule has 0 aromatic carbocycles. The van der Waals surface area contributed by atoms with Crippen molar-refractivity contribution in [2.45, 2.75) is 12.6 Å². The van der Waals surface area contributed by atoms with Crippen LogP contribution in [-0.4, -0.2) is 23.8 Å². The summed E-state index contributed by atoms with van der Waals surface area (Å²) >= 11 is 0. The third-order valence-electron chi connectivity index (χ3n) is 1.44. The van der Waals surface area contributed by atoms with E-state index in [1.54, 1.807) is 0 Å². The van der Waals surface area contributed by atoms with Crippen LogP contribution < -0.4 is 11.1 Å². The van der Waals surface area contributed by atoms with Gasteiger partial charge in [0.2, 0.25) is 0 Å². The fourth-order valence-corrected chi connectivity index (χ4v) is 0.882. The maximum absolute atomic E-state index is 10.2. The van der Waals surface area contributed by atoms with Crippen LogP contribution in [0.25, 0.3) is 0 Å². The highest BCUT2D eigenvalue weighted by molar-refractivity contribution is 5.70. The SMILES string of the molecule is NC1CC(C(=O)O)C[N]1. The fraction of sp³-hybridized carbons (Fsp3) is 0.800. The summed E-state index contributed by atoms with van der Waals surface area (Å²) in [5.41, 5.74) is 5.33. The lowest BCUT2D eigenvalue weighted by atomic mass is 10.1. The first-order valence-corrected chi connectivity index (χ1v) is 2.85. The number of nitrogens with zero attached hydrogens (tertiary/aromatic N) is 1. The second-order valence-corrected chi connectivity index (χ2v) is 2.20. The smallest absolute Gasteiger partial charge is 0.307 e. The lowest BCUT2D eigenvalue weighted by Gasteiger charge is -1.97. The molecule has 0 saturated carbocycles. The summed E-state index contributed by atoms with van der Waals surface area (Å²) < 4.78 is 0. The zero-order valence-corrected chi connectivity index (χ0v) is 4.95. The molecule has 1 rings (SSSR count). The van der Waals surface area contributed by atoms with Crippen molar-refractivity contribution in [3.63, 3.8) is 0 Å². The predicted molar refractivity (Wildman–Crippen MR) is 30.7 cm³/mol. The molecule has 0 aromatic rings. The van der Waals surface area contributed by atoms with Gasteiger partial charge in [0.05, 0.1) is 12.1 Å². The van der Waals surface area contributed by atoms with Crippen molar-refractivity contribution < 1.29 is 9.90 Å². The normalized spacial score (nSPS) is 34.8. The molecule has 9 heavy (non-hydrogen) atoms. The largest absolute Gasteiger partial charge is 0.481 e. The lowest BCUT2D eigenvalue weighted by Crippen LogP contribution is -2.24. The van der Waals surface area contributed by atoms with Gasteiger partial charge in [-0.05, 0) is 6.42 Å². The molecule has 1 heterocycles. The molecule has 2 unspecified atom stereocenters. The zero-order valence-electron chi connectivity index (χ0n) is 4.95. The molecule has 4 heteroatoms. The van der Waals surface area contributed by atoms with Crippen molar-refractivity contribution in [1.29, 1.82) is 0 Å². The third kappa shape index (κ3) is 1.40.